The lowest BCUT2D eigenvalue weighted by Crippen LogP contribution is -2.76. The molecule has 0 spiro atoms. The molecule has 2 atom stereocenters. The van der Waals surface area contributed by atoms with Gasteiger partial charge in [-0.15, -0.1) is 0 Å². The van der Waals surface area contributed by atoms with E-state index in [-0.39, 0.29) is 11.8 Å². The second kappa shape index (κ2) is 7.62. The van der Waals surface area contributed by atoms with Gasteiger partial charge < -0.3 is 9.88 Å². The van der Waals surface area contributed by atoms with Crippen molar-refractivity contribution in [3.05, 3.63) is 35.9 Å². The minimum Gasteiger partial charge on any atom is -0.368 e. The quantitative estimate of drug-likeness (QED) is 0.437. The highest BCUT2D eigenvalue weighted by molar-refractivity contribution is 9.09. The summed E-state index contributed by atoms with van der Waals surface area (Å²) in [6.45, 7) is 7.04. The number of benzene rings is 1. The molecule has 1 N–H and O–H groups in total. The molecule has 0 aliphatic carbocycles. The minimum atomic E-state index is -1.16. The molecule has 4 nitrogen and oxygen atoms in total. The topological polar surface area (TPSA) is 49.4 Å². The van der Waals surface area contributed by atoms with E-state index in [9.17, 15) is 9.59 Å². The number of hydrogen-bond donors (Lipinski definition) is 1. The number of rotatable bonds is 7. The summed E-state index contributed by atoms with van der Waals surface area (Å²) in [5.74, 6) is -0.0283. The maximum Gasteiger partial charge on any atom is 0.242 e. The highest BCUT2D eigenvalue weighted by atomic mass is 79.9. The summed E-state index contributed by atoms with van der Waals surface area (Å²) >= 11 is 3.46. The van der Waals surface area contributed by atoms with Gasteiger partial charge in [-0.2, -0.15) is 0 Å². The average molecular weight is 397 g/mol. The van der Waals surface area contributed by atoms with Crippen LogP contribution in [0.15, 0.2) is 30.3 Å². The van der Waals surface area contributed by atoms with E-state index in [1.807, 2.05) is 34.9 Å². The number of halogens is 1. The number of amides is 2. The Kier molecular flexibility index (Phi) is 6.03. The van der Waals surface area contributed by atoms with Crippen LogP contribution >= 0.6 is 15.9 Å². The molecule has 1 saturated heterocycles. The molecule has 1 aliphatic heterocycles. The first-order valence-electron chi connectivity index (χ1n) is 8.23. The van der Waals surface area contributed by atoms with E-state index in [0.717, 1.165) is 24.8 Å². The van der Waals surface area contributed by atoms with Gasteiger partial charge in [-0.05, 0) is 12.0 Å². The fraction of sp³-hybridized carbons (Fsp3) is 0.529. The van der Waals surface area contributed by atoms with Crippen LogP contribution in [0.1, 0.15) is 36.6 Å². The summed E-state index contributed by atoms with van der Waals surface area (Å²) in [7, 11) is -1.16. The predicted octanol–water partition coefficient (Wildman–Crippen LogP) is 2.99. The molecule has 6 heteroatoms. The lowest BCUT2D eigenvalue weighted by Gasteiger charge is -2.51. The number of unbranched alkanes of at least 4 members (excludes halogenated alkanes) is 1. The first kappa shape index (κ1) is 18.2. The van der Waals surface area contributed by atoms with Crippen LogP contribution in [0, 0.1) is 0 Å². The van der Waals surface area contributed by atoms with Crippen LogP contribution in [0.25, 0.3) is 0 Å². The third kappa shape index (κ3) is 3.86. The highest BCUT2D eigenvalue weighted by Gasteiger charge is 2.53. The van der Waals surface area contributed by atoms with Crippen molar-refractivity contribution >= 4 is 36.7 Å². The lowest BCUT2D eigenvalue weighted by atomic mass is 9.85. The first-order chi connectivity index (χ1) is 10.9. The summed E-state index contributed by atoms with van der Waals surface area (Å²) < 4.78 is 1.96. The minimum absolute atomic E-state index is 0.105. The highest BCUT2D eigenvalue weighted by Crippen LogP contribution is 2.31. The van der Waals surface area contributed by atoms with Crippen molar-refractivity contribution in [2.75, 3.05) is 6.54 Å². The smallest absolute Gasteiger partial charge is 0.242 e. The summed E-state index contributed by atoms with van der Waals surface area (Å²) in [6, 6.07) is 9.56. The van der Waals surface area contributed by atoms with Crippen molar-refractivity contribution in [2.45, 2.75) is 49.6 Å². The lowest BCUT2D eigenvalue weighted by molar-refractivity contribution is -0.149. The van der Waals surface area contributed by atoms with E-state index in [1.54, 1.807) is 0 Å². The molecule has 1 aliphatic rings. The molecule has 0 saturated carbocycles. The van der Waals surface area contributed by atoms with Crippen molar-refractivity contribution in [2.24, 2.45) is 0 Å². The van der Waals surface area contributed by atoms with Gasteiger partial charge in [-0.25, -0.2) is 0 Å². The van der Waals surface area contributed by atoms with E-state index in [4.69, 9.17) is 0 Å². The van der Waals surface area contributed by atoms with Crippen molar-refractivity contribution in [3.63, 3.8) is 0 Å². The summed E-state index contributed by atoms with van der Waals surface area (Å²) in [5.41, 5.74) is 0.211. The van der Waals surface area contributed by atoms with Crippen LogP contribution in [0.4, 0.5) is 0 Å². The van der Waals surface area contributed by atoms with Crippen LogP contribution < -0.4 is 5.32 Å². The van der Waals surface area contributed by atoms with Gasteiger partial charge in [0.1, 0.15) is 19.3 Å². The number of nitrogens with zero attached hydrogens (tertiary/aromatic N) is 1. The Hall–Kier alpha value is -1.14. The van der Waals surface area contributed by atoms with E-state index in [0.29, 0.717) is 6.54 Å². The number of carbonyl (C=O) groups is 2. The second-order valence-corrected chi connectivity index (χ2v) is 10.2. The molecule has 2 unspecified atom stereocenters. The van der Waals surface area contributed by atoms with Gasteiger partial charge >= 0.3 is 0 Å². The molecule has 1 fully saturated rings. The molecule has 0 radical (unpaired) electrons. The zero-order valence-corrected chi connectivity index (χ0v) is 16.8. The van der Waals surface area contributed by atoms with Gasteiger partial charge in [0.2, 0.25) is 11.8 Å². The molecule has 0 aromatic heterocycles. The Morgan fingerprint density at radius 3 is 2.57 bits per heavy atom. The predicted molar refractivity (Wildman–Crippen MR) is 99.1 cm³/mol. The van der Waals surface area contributed by atoms with Crippen LogP contribution in [-0.2, 0) is 9.59 Å². The molecule has 23 heavy (non-hydrogen) atoms. The van der Waals surface area contributed by atoms with Crippen molar-refractivity contribution in [1.82, 2.24) is 9.88 Å². The Morgan fingerprint density at radius 2 is 2.04 bits per heavy atom. The molecule has 2 rings (SSSR count). The third-order valence-electron chi connectivity index (χ3n) is 4.38. The zero-order valence-electron chi connectivity index (χ0n) is 14.0. The molecule has 2 amide bonds. The first-order valence-corrected chi connectivity index (χ1v) is 12.0. The third-order valence-corrected chi connectivity index (χ3v) is 6.98. The number of β-lactam (4-membered cyclic amide) rings is 1. The zero-order chi connectivity index (χ0) is 17.0. The second-order valence-electron chi connectivity index (χ2n) is 6.47. The SMILES string of the molecule is CCCCC1(NC(=O)C(Br)c2ccccc2)CN([SiH](C)C)C1=O. The van der Waals surface area contributed by atoms with Crippen molar-refractivity contribution < 1.29 is 9.59 Å². The summed E-state index contributed by atoms with van der Waals surface area (Å²) in [5, 5.41) is 3.04. The number of carbonyl (C=O) groups excluding carboxylic acids is 2. The van der Waals surface area contributed by atoms with Gasteiger partial charge in [-0.1, -0.05) is 79.1 Å². The molecule has 0 bridgehead atoms. The van der Waals surface area contributed by atoms with E-state index >= 15 is 0 Å². The molecular formula is C17H25BrN2O2Si. The van der Waals surface area contributed by atoms with Gasteiger partial charge in [0, 0.05) is 6.54 Å². The van der Waals surface area contributed by atoms with Crippen LogP contribution in [-0.4, -0.2) is 37.4 Å². The van der Waals surface area contributed by atoms with Gasteiger partial charge in [0.15, 0.2) is 0 Å². The molecule has 1 aromatic rings. The fourth-order valence-corrected chi connectivity index (χ4v) is 4.74. The normalized spacial score (nSPS) is 22.0. The van der Waals surface area contributed by atoms with Gasteiger partial charge in [-0.3, -0.25) is 9.59 Å². The van der Waals surface area contributed by atoms with Crippen LogP contribution in [0.5, 0.6) is 0 Å². The van der Waals surface area contributed by atoms with E-state index < -0.39 is 19.3 Å². The average Bonchev–Trinajstić information content (AvgIpc) is 2.56. The van der Waals surface area contributed by atoms with E-state index in [2.05, 4.69) is 41.3 Å². The van der Waals surface area contributed by atoms with Crippen LogP contribution in [0.2, 0.25) is 13.1 Å². The fourth-order valence-electron chi connectivity index (χ4n) is 2.92. The Morgan fingerprint density at radius 1 is 1.39 bits per heavy atom. The Balaban J connectivity index is 2.10. The standard InChI is InChI=1S/C17H25BrN2O2Si/c1-4-5-11-17(12-20(16(17)22)23(2)3)19-15(21)14(18)13-9-7-6-8-10-13/h6-10,14,23H,4-5,11-12H2,1-3H3,(H,19,21). The van der Waals surface area contributed by atoms with Gasteiger partial charge in [0.25, 0.3) is 0 Å². The molecular weight excluding hydrogens is 372 g/mol. The van der Waals surface area contributed by atoms with Gasteiger partial charge in [0.05, 0.1) is 0 Å². The van der Waals surface area contributed by atoms with Crippen molar-refractivity contribution in [1.29, 1.82) is 0 Å². The Labute approximate surface area is 148 Å². The maximum atomic E-state index is 12.7. The number of nitrogens with one attached hydrogen (secondary N) is 1. The largest absolute Gasteiger partial charge is 0.368 e. The van der Waals surface area contributed by atoms with Crippen LogP contribution in [0.3, 0.4) is 0 Å². The number of hydrogen-bond acceptors (Lipinski definition) is 2. The summed E-state index contributed by atoms with van der Waals surface area (Å²) in [4.78, 5) is 24.8. The summed E-state index contributed by atoms with van der Waals surface area (Å²) in [6.07, 6.45) is 2.68. The number of alkyl halides is 1. The molecule has 1 aromatic carbocycles. The van der Waals surface area contributed by atoms with E-state index in [1.165, 1.54) is 0 Å². The molecule has 1 heterocycles. The Bertz CT molecular complexity index is 567. The monoisotopic (exact) mass is 396 g/mol. The maximum absolute atomic E-state index is 12.7. The molecule has 126 valence electrons. The van der Waals surface area contributed by atoms with Crippen molar-refractivity contribution in [3.8, 4) is 0 Å².